The van der Waals surface area contributed by atoms with Crippen molar-refractivity contribution in [1.82, 2.24) is 4.98 Å². The summed E-state index contributed by atoms with van der Waals surface area (Å²) in [6.45, 7) is 1.05. The van der Waals surface area contributed by atoms with Crippen LogP contribution in [0.1, 0.15) is 12.0 Å². The van der Waals surface area contributed by atoms with Crippen molar-refractivity contribution < 1.29 is 0 Å². The van der Waals surface area contributed by atoms with Crippen LogP contribution in [0.5, 0.6) is 0 Å². The normalized spacial score (nSPS) is 14.8. The first-order valence-corrected chi connectivity index (χ1v) is 4.32. The van der Waals surface area contributed by atoms with E-state index >= 15 is 0 Å². The van der Waals surface area contributed by atoms with E-state index in [1.807, 2.05) is 13.1 Å². The number of aromatic nitrogens is 1. The summed E-state index contributed by atoms with van der Waals surface area (Å²) in [4.78, 5) is 4.41. The highest BCUT2D eigenvalue weighted by Gasteiger charge is 2.08. The van der Waals surface area contributed by atoms with Crippen molar-refractivity contribution in [1.29, 1.82) is 0 Å². The molecule has 1 aromatic heterocycles. The molecular weight excluding hydrogens is 150 g/mol. The molecule has 0 saturated heterocycles. The first-order valence-electron chi connectivity index (χ1n) is 4.32. The van der Waals surface area contributed by atoms with E-state index in [2.05, 4.69) is 21.7 Å². The van der Waals surface area contributed by atoms with Crippen molar-refractivity contribution >= 4 is 11.6 Å². The Bertz CT molecular complexity index is 283. The molecule has 0 aromatic carbocycles. The molecule has 0 bridgehead atoms. The number of nitrogens with one attached hydrogen (secondary N) is 2. The molecule has 0 amide bonds. The zero-order valence-corrected chi connectivity index (χ0v) is 7.22. The minimum atomic E-state index is 0.933. The van der Waals surface area contributed by atoms with Gasteiger partial charge in [0.1, 0.15) is 11.6 Å². The second kappa shape index (κ2) is 3.01. The highest BCUT2D eigenvalue weighted by Crippen LogP contribution is 2.20. The molecule has 0 aliphatic carbocycles. The van der Waals surface area contributed by atoms with Crippen molar-refractivity contribution in [3.8, 4) is 0 Å². The molecule has 12 heavy (non-hydrogen) atoms. The Morgan fingerprint density at radius 1 is 1.50 bits per heavy atom. The number of fused-ring (bicyclic) bond motifs is 1. The lowest BCUT2D eigenvalue weighted by atomic mass is 10.1. The van der Waals surface area contributed by atoms with Crippen LogP contribution in [0.15, 0.2) is 12.1 Å². The van der Waals surface area contributed by atoms with Gasteiger partial charge in [0.05, 0.1) is 0 Å². The van der Waals surface area contributed by atoms with Crippen LogP contribution in [0.2, 0.25) is 0 Å². The fourth-order valence-electron chi connectivity index (χ4n) is 1.47. The molecule has 0 spiro atoms. The summed E-state index contributed by atoms with van der Waals surface area (Å²) in [6.07, 6.45) is 2.37. The Morgan fingerprint density at radius 2 is 2.42 bits per heavy atom. The molecule has 3 nitrogen and oxygen atoms in total. The van der Waals surface area contributed by atoms with E-state index in [-0.39, 0.29) is 0 Å². The summed E-state index contributed by atoms with van der Waals surface area (Å²) >= 11 is 0. The van der Waals surface area contributed by atoms with Gasteiger partial charge in [0.15, 0.2) is 0 Å². The molecule has 1 aliphatic rings. The van der Waals surface area contributed by atoms with Gasteiger partial charge in [-0.1, -0.05) is 6.07 Å². The molecule has 0 unspecified atom stereocenters. The molecule has 2 N–H and O–H groups in total. The molecular formula is C9H13N3. The maximum atomic E-state index is 4.41. The van der Waals surface area contributed by atoms with E-state index in [9.17, 15) is 0 Å². The second-order valence-corrected chi connectivity index (χ2v) is 2.98. The molecule has 1 aromatic rings. The van der Waals surface area contributed by atoms with E-state index in [1.54, 1.807) is 0 Å². The van der Waals surface area contributed by atoms with E-state index in [0.29, 0.717) is 0 Å². The highest BCUT2D eigenvalue weighted by molar-refractivity contribution is 5.52. The van der Waals surface area contributed by atoms with Crippen LogP contribution >= 0.6 is 0 Å². The molecule has 2 heterocycles. The van der Waals surface area contributed by atoms with Crippen LogP contribution in [-0.2, 0) is 6.42 Å². The predicted molar refractivity (Wildman–Crippen MR) is 50.6 cm³/mol. The summed E-state index contributed by atoms with van der Waals surface area (Å²) in [7, 11) is 1.89. The number of nitrogens with zero attached hydrogens (tertiary/aromatic N) is 1. The number of hydrogen-bond donors (Lipinski definition) is 2. The number of pyridine rings is 1. The van der Waals surface area contributed by atoms with Crippen LogP contribution in [0.3, 0.4) is 0 Å². The van der Waals surface area contributed by atoms with Gasteiger partial charge < -0.3 is 10.6 Å². The summed E-state index contributed by atoms with van der Waals surface area (Å²) in [5, 5.41) is 6.31. The Kier molecular flexibility index (Phi) is 1.86. The highest BCUT2D eigenvalue weighted by atomic mass is 15.1. The van der Waals surface area contributed by atoms with E-state index in [4.69, 9.17) is 0 Å². The van der Waals surface area contributed by atoms with E-state index < -0.39 is 0 Å². The Balaban J connectivity index is 2.36. The monoisotopic (exact) mass is 163 g/mol. The van der Waals surface area contributed by atoms with Gasteiger partial charge in [-0.15, -0.1) is 0 Å². The van der Waals surface area contributed by atoms with Gasteiger partial charge in [0, 0.05) is 13.6 Å². The van der Waals surface area contributed by atoms with Crippen molar-refractivity contribution in [2.45, 2.75) is 12.8 Å². The second-order valence-electron chi connectivity index (χ2n) is 2.98. The van der Waals surface area contributed by atoms with Crippen LogP contribution in [0, 0.1) is 0 Å². The summed E-state index contributed by atoms with van der Waals surface area (Å²) in [5.74, 6) is 1.98. The third-order valence-corrected chi connectivity index (χ3v) is 2.15. The molecule has 0 atom stereocenters. The van der Waals surface area contributed by atoms with Crippen molar-refractivity contribution in [3.63, 3.8) is 0 Å². The van der Waals surface area contributed by atoms with Crippen molar-refractivity contribution in [2.75, 3.05) is 24.2 Å². The molecule has 3 heteroatoms. The molecule has 0 fully saturated rings. The zero-order valence-electron chi connectivity index (χ0n) is 7.22. The first-order chi connectivity index (χ1) is 5.90. The largest absolute Gasteiger partial charge is 0.373 e. The Hall–Kier alpha value is -1.25. The third-order valence-electron chi connectivity index (χ3n) is 2.15. The van der Waals surface area contributed by atoms with Gasteiger partial charge in [0.25, 0.3) is 0 Å². The fraction of sp³-hybridized carbons (Fsp3) is 0.444. The minimum Gasteiger partial charge on any atom is -0.373 e. The predicted octanol–water partition coefficient (Wildman–Crippen LogP) is 1.48. The number of rotatable bonds is 1. The van der Waals surface area contributed by atoms with E-state index in [0.717, 1.165) is 24.6 Å². The van der Waals surface area contributed by atoms with Crippen LogP contribution in [0.4, 0.5) is 11.6 Å². The maximum Gasteiger partial charge on any atom is 0.131 e. The average molecular weight is 163 g/mol. The fourth-order valence-corrected chi connectivity index (χ4v) is 1.47. The van der Waals surface area contributed by atoms with Gasteiger partial charge in [0.2, 0.25) is 0 Å². The molecule has 64 valence electrons. The maximum absolute atomic E-state index is 4.41. The van der Waals surface area contributed by atoms with Crippen molar-refractivity contribution in [2.24, 2.45) is 0 Å². The van der Waals surface area contributed by atoms with Gasteiger partial charge in [-0.25, -0.2) is 4.98 Å². The minimum absolute atomic E-state index is 0.933. The standard InChI is InChI=1S/C9H13N3/c1-10-8-5-4-7-3-2-6-11-9(7)12-8/h4-5H,2-3,6H2,1H3,(H2,10,11,12). The van der Waals surface area contributed by atoms with Crippen molar-refractivity contribution in [3.05, 3.63) is 17.7 Å². The SMILES string of the molecule is CNc1ccc2c(n1)NCCC2. The van der Waals surface area contributed by atoms with Gasteiger partial charge in [-0.3, -0.25) is 0 Å². The Morgan fingerprint density at radius 3 is 3.25 bits per heavy atom. The van der Waals surface area contributed by atoms with Gasteiger partial charge >= 0.3 is 0 Å². The van der Waals surface area contributed by atoms with Gasteiger partial charge in [-0.2, -0.15) is 0 Å². The lowest BCUT2D eigenvalue weighted by Crippen LogP contribution is -2.13. The number of anilines is 2. The van der Waals surface area contributed by atoms with Gasteiger partial charge in [-0.05, 0) is 24.5 Å². The summed E-state index contributed by atoms with van der Waals surface area (Å²) in [6, 6.07) is 4.16. The summed E-state index contributed by atoms with van der Waals surface area (Å²) in [5.41, 5.74) is 1.33. The van der Waals surface area contributed by atoms with E-state index in [1.165, 1.54) is 12.0 Å². The molecule has 1 aliphatic heterocycles. The van der Waals surface area contributed by atoms with Crippen LogP contribution in [-0.4, -0.2) is 18.6 Å². The quantitative estimate of drug-likeness (QED) is 0.658. The summed E-state index contributed by atoms with van der Waals surface area (Å²) < 4.78 is 0. The number of aryl methyl sites for hydroxylation is 1. The lowest BCUT2D eigenvalue weighted by Gasteiger charge is -2.17. The smallest absolute Gasteiger partial charge is 0.131 e. The first kappa shape index (κ1) is 7.40. The lowest BCUT2D eigenvalue weighted by molar-refractivity contribution is 0.818. The molecule has 2 rings (SSSR count). The van der Waals surface area contributed by atoms with Crippen LogP contribution < -0.4 is 10.6 Å². The Labute approximate surface area is 72.2 Å². The zero-order chi connectivity index (χ0) is 8.39. The average Bonchev–Trinajstić information content (AvgIpc) is 2.17. The molecule has 0 radical (unpaired) electrons. The topological polar surface area (TPSA) is 37.0 Å². The third kappa shape index (κ3) is 1.22. The van der Waals surface area contributed by atoms with Crippen LogP contribution in [0.25, 0.3) is 0 Å². The molecule has 0 saturated carbocycles. The number of hydrogen-bond acceptors (Lipinski definition) is 3.